The summed E-state index contributed by atoms with van der Waals surface area (Å²) in [5, 5.41) is 23.5. The van der Waals surface area contributed by atoms with E-state index >= 15 is 0 Å². The highest BCUT2D eigenvalue weighted by molar-refractivity contribution is 5.70. The van der Waals surface area contributed by atoms with Gasteiger partial charge in [0.05, 0.1) is 34.1 Å². The summed E-state index contributed by atoms with van der Waals surface area (Å²) in [5.41, 5.74) is 7.95. The lowest BCUT2D eigenvalue weighted by molar-refractivity contribution is 0.835. The van der Waals surface area contributed by atoms with Crippen LogP contribution in [0.15, 0.2) is 127 Å². The molecule has 10 nitrogen and oxygen atoms in total. The van der Waals surface area contributed by atoms with Crippen molar-refractivity contribution in [3.05, 3.63) is 140 Å². The average molecular weight is 583 g/mol. The first kappa shape index (κ1) is 28.2. The van der Waals surface area contributed by atoms with E-state index in [1.54, 1.807) is 13.8 Å². The lowest BCUT2D eigenvalue weighted by Gasteiger charge is -2.07. The zero-order valence-electron chi connectivity index (χ0n) is 24.7. The van der Waals surface area contributed by atoms with Gasteiger partial charge in [-0.05, 0) is 98.5 Å². The molecule has 0 aliphatic rings. The Balaban J connectivity index is 1.21. The van der Waals surface area contributed by atoms with Crippen molar-refractivity contribution in [1.82, 2.24) is 19.6 Å². The number of hydrogen-bond donors (Lipinski definition) is 2. The molecule has 6 aromatic rings. The number of rotatable bonds is 7. The second-order valence-electron chi connectivity index (χ2n) is 10.5. The average Bonchev–Trinajstić information content (AvgIpc) is 3.49. The van der Waals surface area contributed by atoms with E-state index in [1.165, 1.54) is 9.36 Å². The maximum Gasteiger partial charge on any atom is 0.299 e. The van der Waals surface area contributed by atoms with E-state index in [0.29, 0.717) is 22.8 Å². The van der Waals surface area contributed by atoms with E-state index < -0.39 is 0 Å². The van der Waals surface area contributed by atoms with Gasteiger partial charge in [0.1, 0.15) is 0 Å². The number of aromatic amines is 2. The molecule has 6 rings (SSSR count). The molecule has 0 bridgehead atoms. The fraction of sp³-hybridized carbons (Fsp3) is 0.118. The largest absolute Gasteiger partial charge is 0.299 e. The van der Waals surface area contributed by atoms with Crippen molar-refractivity contribution in [3.63, 3.8) is 0 Å². The molecule has 0 amide bonds. The molecule has 2 N–H and O–H groups in total. The van der Waals surface area contributed by atoms with Gasteiger partial charge in [-0.2, -0.15) is 10.2 Å². The molecular weight excluding hydrogens is 552 g/mol. The Bertz CT molecular complexity index is 1990. The fourth-order valence-corrected chi connectivity index (χ4v) is 4.93. The van der Waals surface area contributed by atoms with Gasteiger partial charge in [-0.1, -0.05) is 48.5 Å². The van der Waals surface area contributed by atoms with E-state index in [0.717, 1.165) is 33.6 Å². The van der Waals surface area contributed by atoms with Gasteiger partial charge in [0, 0.05) is 0 Å². The number of aromatic nitrogens is 4. The quantitative estimate of drug-likeness (QED) is 0.184. The highest BCUT2D eigenvalue weighted by Gasteiger charge is 2.14. The number of aryl methyl sites for hydroxylation is 4. The van der Waals surface area contributed by atoms with Crippen molar-refractivity contribution in [2.45, 2.75) is 27.7 Å². The summed E-state index contributed by atoms with van der Waals surface area (Å²) in [4.78, 5) is 25.9. The second-order valence-corrected chi connectivity index (χ2v) is 10.5. The number of nitrogens with zero attached hydrogens (tertiary/aromatic N) is 6. The number of nitrogens with one attached hydrogen (secondary N) is 2. The molecular formula is C34H30N8O2. The van der Waals surface area contributed by atoms with E-state index in [2.05, 4.69) is 30.7 Å². The van der Waals surface area contributed by atoms with Crippen molar-refractivity contribution in [3.8, 4) is 22.5 Å². The summed E-state index contributed by atoms with van der Waals surface area (Å²) in [6.07, 6.45) is 0. The van der Waals surface area contributed by atoms with Crippen LogP contribution in [-0.4, -0.2) is 19.6 Å². The molecule has 0 saturated carbocycles. The van der Waals surface area contributed by atoms with Crippen molar-refractivity contribution in [1.29, 1.82) is 0 Å². The zero-order valence-corrected chi connectivity index (χ0v) is 24.7. The van der Waals surface area contributed by atoms with Gasteiger partial charge in [0.25, 0.3) is 11.1 Å². The fourth-order valence-electron chi connectivity index (χ4n) is 4.93. The third kappa shape index (κ3) is 5.48. The number of hydrogen-bond acceptors (Lipinski definition) is 6. The number of azo groups is 2. The minimum atomic E-state index is -0.257. The topological polar surface area (TPSA) is 125 Å². The predicted molar refractivity (Wildman–Crippen MR) is 172 cm³/mol. The molecule has 4 aromatic carbocycles. The van der Waals surface area contributed by atoms with Gasteiger partial charge in [-0.25, -0.2) is 9.36 Å². The van der Waals surface area contributed by atoms with Crippen LogP contribution in [0.3, 0.4) is 0 Å². The van der Waals surface area contributed by atoms with E-state index in [9.17, 15) is 9.59 Å². The zero-order chi connectivity index (χ0) is 30.8. The number of benzene rings is 4. The Kier molecular flexibility index (Phi) is 7.55. The molecule has 0 unspecified atom stereocenters. The van der Waals surface area contributed by atoms with E-state index in [-0.39, 0.29) is 22.5 Å². The molecule has 2 heterocycles. The molecule has 0 atom stereocenters. The Labute approximate surface area is 253 Å². The summed E-state index contributed by atoms with van der Waals surface area (Å²) < 4.78 is 2.93. The van der Waals surface area contributed by atoms with Gasteiger partial charge in [0.15, 0.2) is 11.4 Å². The third-order valence-corrected chi connectivity index (χ3v) is 7.35. The molecule has 2 aromatic heterocycles. The first-order chi connectivity index (χ1) is 21.3. The highest BCUT2D eigenvalue weighted by atomic mass is 16.1. The van der Waals surface area contributed by atoms with Gasteiger partial charge in [0.2, 0.25) is 0 Å². The van der Waals surface area contributed by atoms with Crippen LogP contribution in [0.2, 0.25) is 0 Å². The molecule has 0 spiro atoms. The second kappa shape index (κ2) is 11.8. The summed E-state index contributed by atoms with van der Waals surface area (Å²) >= 11 is 0. The molecule has 10 heteroatoms. The standard InChI is InChI=1S/C34H30N8O2/c1-21-19-25(15-17-29(21)35-37-31-23(3)39-41(33(31)43)27-11-7-5-8-12-27)26-16-18-30(22(2)20-26)36-38-32-24(4)40-42(34(32)44)28-13-9-6-10-14-28/h5-20,39-40H,1-4H3. The van der Waals surface area contributed by atoms with Crippen LogP contribution in [0.5, 0.6) is 0 Å². The predicted octanol–water partition coefficient (Wildman–Crippen LogP) is 8.38. The molecule has 0 aliphatic heterocycles. The molecule has 0 saturated heterocycles. The summed E-state index contributed by atoms with van der Waals surface area (Å²) in [7, 11) is 0. The van der Waals surface area contributed by atoms with Crippen LogP contribution in [-0.2, 0) is 0 Å². The van der Waals surface area contributed by atoms with Crippen LogP contribution in [0.25, 0.3) is 22.5 Å². The van der Waals surface area contributed by atoms with Crippen molar-refractivity contribution in [2.24, 2.45) is 20.5 Å². The Morgan fingerprint density at radius 3 is 1.25 bits per heavy atom. The van der Waals surface area contributed by atoms with Gasteiger partial charge in [-0.15, -0.1) is 10.2 Å². The van der Waals surface area contributed by atoms with Gasteiger partial charge < -0.3 is 0 Å². The minimum Gasteiger partial charge on any atom is -0.293 e. The third-order valence-electron chi connectivity index (χ3n) is 7.35. The molecule has 218 valence electrons. The van der Waals surface area contributed by atoms with Gasteiger partial charge >= 0.3 is 0 Å². The van der Waals surface area contributed by atoms with Crippen molar-refractivity contribution < 1.29 is 0 Å². The summed E-state index contributed by atoms with van der Waals surface area (Å²) in [6.45, 7) is 7.52. The Morgan fingerprint density at radius 1 is 0.500 bits per heavy atom. The molecule has 0 radical (unpaired) electrons. The first-order valence-corrected chi connectivity index (χ1v) is 14.1. The maximum absolute atomic E-state index is 13.0. The lowest BCUT2D eigenvalue weighted by Crippen LogP contribution is -2.13. The summed E-state index contributed by atoms with van der Waals surface area (Å²) in [6, 6.07) is 30.5. The van der Waals surface area contributed by atoms with Crippen LogP contribution < -0.4 is 11.1 Å². The Hall–Kier alpha value is -5.90. The normalized spacial score (nSPS) is 11.6. The molecule has 0 fully saturated rings. The van der Waals surface area contributed by atoms with Gasteiger partial charge in [-0.3, -0.25) is 19.8 Å². The van der Waals surface area contributed by atoms with E-state index in [1.807, 2.05) is 111 Å². The summed E-state index contributed by atoms with van der Waals surface area (Å²) in [5.74, 6) is 0. The lowest BCUT2D eigenvalue weighted by atomic mass is 10.0. The minimum absolute atomic E-state index is 0.257. The smallest absolute Gasteiger partial charge is 0.293 e. The van der Waals surface area contributed by atoms with Crippen LogP contribution in [0.4, 0.5) is 22.7 Å². The van der Waals surface area contributed by atoms with Crippen LogP contribution in [0, 0.1) is 27.7 Å². The first-order valence-electron chi connectivity index (χ1n) is 14.1. The maximum atomic E-state index is 13.0. The SMILES string of the molecule is Cc1cc(-c2ccc(N=Nc3c(C)[nH]n(-c4ccccc4)c3=O)c(C)c2)ccc1N=Nc1c(C)[nH]n(-c2ccccc2)c1=O. The monoisotopic (exact) mass is 582 g/mol. The highest BCUT2D eigenvalue weighted by Crippen LogP contribution is 2.31. The van der Waals surface area contributed by atoms with Crippen LogP contribution >= 0.6 is 0 Å². The Morgan fingerprint density at radius 2 is 0.886 bits per heavy atom. The van der Waals surface area contributed by atoms with Crippen molar-refractivity contribution >= 4 is 22.7 Å². The van der Waals surface area contributed by atoms with E-state index in [4.69, 9.17) is 0 Å². The van der Waals surface area contributed by atoms with Crippen LogP contribution in [0.1, 0.15) is 22.5 Å². The molecule has 0 aliphatic carbocycles. The number of H-pyrrole nitrogens is 2. The van der Waals surface area contributed by atoms with Crippen molar-refractivity contribution in [2.75, 3.05) is 0 Å². The molecule has 44 heavy (non-hydrogen) atoms. The number of para-hydroxylation sites is 2.